The highest BCUT2D eigenvalue weighted by molar-refractivity contribution is 5.75. The zero-order valence-electron chi connectivity index (χ0n) is 12.2. The Morgan fingerprint density at radius 3 is 2.95 bits per heavy atom. The lowest BCUT2D eigenvalue weighted by Crippen LogP contribution is -2.21. The number of imidazole rings is 1. The maximum absolute atomic E-state index is 11.3. The van der Waals surface area contributed by atoms with Crippen LogP contribution in [0, 0.1) is 6.92 Å². The molecule has 1 aliphatic heterocycles. The number of carbonyl (C=O) groups is 1. The van der Waals surface area contributed by atoms with Gasteiger partial charge in [-0.05, 0) is 43.5 Å². The van der Waals surface area contributed by atoms with Crippen LogP contribution in [0.5, 0.6) is 5.75 Å². The van der Waals surface area contributed by atoms with Gasteiger partial charge >= 0.3 is 5.97 Å². The van der Waals surface area contributed by atoms with Gasteiger partial charge in [-0.3, -0.25) is 4.79 Å². The Morgan fingerprint density at radius 2 is 2.29 bits per heavy atom. The molecule has 110 valence electrons. The quantitative estimate of drug-likeness (QED) is 0.942. The van der Waals surface area contributed by atoms with Crippen LogP contribution in [0.25, 0.3) is 11.3 Å². The largest absolute Gasteiger partial charge is 0.496 e. The van der Waals surface area contributed by atoms with E-state index in [0.717, 1.165) is 35.5 Å². The number of nitrogens with zero attached hydrogens (tertiary/aromatic N) is 2. The van der Waals surface area contributed by atoms with Gasteiger partial charge in [-0.2, -0.15) is 0 Å². The third-order valence-electron chi connectivity index (χ3n) is 4.00. The fourth-order valence-electron chi connectivity index (χ4n) is 2.89. The summed E-state index contributed by atoms with van der Waals surface area (Å²) in [4.78, 5) is 15.9. The monoisotopic (exact) mass is 286 g/mol. The second-order valence-electron chi connectivity index (χ2n) is 5.40. The second kappa shape index (κ2) is 5.24. The molecule has 5 heteroatoms. The summed E-state index contributed by atoms with van der Waals surface area (Å²) in [6, 6.07) is 5.89. The van der Waals surface area contributed by atoms with E-state index >= 15 is 0 Å². The van der Waals surface area contributed by atoms with Crippen molar-refractivity contribution in [2.75, 3.05) is 7.11 Å². The Balaban J connectivity index is 2.01. The average molecular weight is 286 g/mol. The molecule has 1 aromatic carbocycles. The van der Waals surface area contributed by atoms with Crippen molar-refractivity contribution in [2.45, 2.75) is 32.2 Å². The van der Waals surface area contributed by atoms with Crippen LogP contribution in [0.15, 0.2) is 24.4 Å². The lowest BCUT2D eigenvalue weighted by Gasteiger charge is -2.19. The molecular weight excluding hydrogens is 268 g/mol. The van der Waals surface area contributed by atoms with Crippen LogP contribution >= 0.6 is 0 Å². The lowest BCUT2D eigenvalue weighted by molar-refractivity contribution is -0.139. The predicted octanol–water partition coefficient (Wildman–Crippen LogP) is 2.83. The molecule has 0 amide bonds. The molecule has 1 unspecified atom stereocenters. The van der Waals surface area contributed by atoms with Gasteiger partial charge in [0.05, 0.1) is 12.8 Å². The number of ether oxygens (including phenoxy) is 1. The van der Waals surface area contributed by atoms with Gasteiger partial charge in [0.1, 0.15) is 17.5 Å². The first kappa shape index (κ1) is 13.7. The first-order valence-corrected chi connectivity index (χ1v) is 7.05. The molecule has 2 heterocycles. The van der Waals surface area contributed by atoms with Gasteiger partial charge in [-0.1, -0.05) is 0 Å². The third-order valence-corrected chi connectivity index (χ3v) is 4.00. The number of carboxylic acids is 1. The summed E-state index contributed by atoms with van der Waals surface area (Å²) < 4.78 is 7.23. The predicted molar refractivity (Wildman–Crippen MR) is 78.6 cm³/mol. The van der Waals surface area contributed by atoms with Crippen molar-refractivity contribution >= 4 is 5.97 Å². The summed E-state index contributed by atoms with van der Waals surface area (Å²) in [6.07, 6.45) is 3.49. The van der Waals surface area contributed by atoms with E-state index in [1.54, 1.807) is 7.11 Å². The van der Waals surface area contributed by atoms with Crippen LogP contribution in [0.3, 0.4) is 0 Å². The molecule has 1 aliphatic rings. The van der Waals surface area contributed by atoms with Crippen LogP contribution in [0.2, 0.25) is 0 Å². The number of hydrogen-bond donors (Lipinski definition) is 1. The van der Waals surface area contributed by atoms with E-state index in [1.807, 2.05) is 35.9 Å². The number of aryl methyl sites for hydroxylation is 2. The summed E-state index contributed by atoms with van der Waals surface area (Å²) in [6.45, 7) is 2.82. The lowest BCUT2D eigenvalue weighted by atomic mass is 9.99. The zero-order chi connectivity index (χ0) is 15.0. The second-order valence-corrected chi connectivity index (χ2v) is 5.40. The summed E-state index contributed by atoms with van der Waals surface area (Å²) >= 11 is 0. The fourth-order valence-corrected chi connectivity index (χ4v) is 2.89. The molecule has 2 aromatic rings. The molecule has 0 bridgehead atoms. The van der Waals surface area contributed by atoms with E-state index in [2.05, 4.69) is 4.98 Å². The van der Waals surface area contributed by atoms with Gasteiger partial charge in [0.25, 0.3) is 0 Å². The molecule has 1 aromatic heterocycles. The van der Waals surface area contributed by atoms with Crippen LogP contribution < -0.4 is 4.74 Å². The minimum Gasteiger partial charge on any atom is -0.496 e. The third kappa shape index (κ3) is 2.39. The van der Waals surface area contributed by atoms with E-state index in [4.69, 9.17) is 4.74 Å². The number of fused-ring (bicyclic) bond motifs is 1. The fraction of sp³-hybridized carbons (Fsp3) is 0.375. The summed E-state index contributed by atoms with van der Waals surface area (Å²) in [5.41, 5.74) is 2.85. The highest BCUT2D eigenvalue weighted by Gasteiger charge is 2.28. The van der Waals surface area contributed by atoms with Crippen LogP contribution in [-0.4, -0.2) is 27.7 Å². The Hall–Kier alpha value is -2.30. The van der Waals surface area contributed by atoms with Crippen molar-refractivity contribution in [3.05, 3.63) is 35.8 Å². The van der Waals surface area contributed by atoms with Gasteiger partial charge in [0.15, 0.2) is 0 Å². The number of carboxylic acid groups (broad SMARTS) is 1. The van der Waals surface area contributed by atoms with Crippen LogP contribution in [0.1, 0.15) is 30.1 Å². The summed E-state index contributed by atoms with van der Waals surface area (Å²) in [5, 5.41) is 9.31. The van der Waals surface area contributed by atoms with Crippen molar-refractivity contribution in [3.8, 4) is 17.0 Å². The molecule has 3 rings (SSSR count). The number of benzene rings is 1. The standard InChI is InChI=1S/C16H18N2O3/c1-10-8-11(5-6-14(10)21-2)13-9-18-7-3-4-12(16(19)20)15(18)17-13/h5-6,8-9,12H,3-4,7H2,1-2H3,(H,19,20). The average Bonchev–Trinajstić information content (AvgIpc) is 2.90. The van der Waals surface area contributed by atoms with Gasteiger partial charge in [0.2, 0.25) is 0 Å². The van der Waals surface area contributed by atoms with E-state index < -0.39 is 11.9 Å². The van der Waals surface area contributed by atoms with Crippen LogP contribution in [-0.2, 0) is 11.3 Å². The smallest absolute Gasteiger partial charge is 0.314 e. The molecule has 1 N–H and O–H groups in total. The first-order valence-electron chi connectivity index (χ1n) is 7.05. The van der Waals surface area contributed by atoms with Crippen molar-refractivity contribution in [3.63, 3.8) is 0 Å². The molecule has 0 spiro atoms. The molecule has 0 aliphatic carbocycles. The maximum Gasteiger partial charge on any atom is 0.314 e. The van der Waals surface area contributed by atoms with E-state index in [-0.39, 0.29) is 0 Å². The van der Waals surface area contributed by atoms with Gasteiger partial charge in [0, 0.05) is 18.3 Å². The van der Waals surface area contributed by atoms with E-state index in [1.165, 1.54) is 0 Å². The number of methoxy groups -OCH3 is 1. The van der Waals surface area contributed by atoms with E-state index in [9.17, 15) is 9.90 Å². The summed E-state index contributed by atoms with van der Waals surface area (Å²) in [5.74, 6) is 0.217. The Labute approximate surface area is 123 Å². The number of aromatic nitrogens is 2. The van der Waals surface area contributed by atoms with Gasteiger partial charge in [-0.25, -0.2) is 4.98 Å². The topological polar surface area (TPSA) is 64.4 Å². The number of hydrogen-bond acceptors (Lipinski definition) is 3. The zero-order valence-corrected chi connectivity index (χ0v) is 12.2. The number of aliphatic carboxylic acids is 1. The molecule has 0 fully saturated rings. The molecule has 5 nitrogen and oxygen atoms in total. The molecule has 0 saturated carbocycles. The number of rotatable bonds is 3. The SMILES string of the molecule is COc1ccc(-c2cn3c(n2)C(C(=O)O)CCC3)cc1C. The maximum atomic E-state index is 11.3. The Bertz CT molecular complexity index is 691. The van der Waals surface area contributed by atoms with Gasteiger partial charge in [-0.15, -0.1) is 0 Å². The summed E-state index contributed by atoms with van der Waals surface area (Å²) in [7, 11) is 1.65. The minimum absolute atomic E-state index is 0.494. The first-order chi connectivity index (χ1) is 10.1. The highest BCUT2D eigenvalue weighted by Crippen LogP contribution is 2.31. The van der Waals surface area contributed by atoms with Crippen LogP contribution in [0.4, 0.5) is 0 Å². The van der Waals surface area contributed by atoms with Gasteiger partial charge < -0.3 is 14.4 Å². The van der Waals surface area contributed by atoms with Crippen molar-refractivity contribution in [2.24, 2.45) is 0 Å². The normalized spacial score (nSPS) is 17.3. The molecule has 0 saturated heterocycles. The molecule has 21 heavy (non-hydrogen) atoms. The van der Waals surface area contributed by atoms with Crippen molar-refractivity contribution < 1.29 is 14.6 Å². The van der Waals surface area contributed by atoms with E-state index in [0.29, 0.717) is 12.2 Å². The highest BCUT2D eigenvalue weighted by atomic mass is 16.5. The molecule has 1 atom stereocenters. The Kier molecular flexibility index (Phi) is 3.41. The molecular formula is C16H18N2O3. The molecule has 0 radical (unpaired) electrons. The Morgan fingerprint density at radius 1 is 1.48 bits per heavy atom. The minimum atomic E-state index is -0.793. The van der Waals surface area contributed by atoms with Crippen molar-refractivity contribution in [1.82, 2.24) is 9.55 Å². The van der Waals surface area contributed by atoms with Crippen molar-refractivity contribution in [1.29, 1.82) is 0 Å².